The molecule has 0 amide bonds. The van der Waals surface area contributed by atoms with Crippen LogP contribution < -0.4 is 0 Å². The molecule has 0 fully saturated rings. The van der Waals surface area contributed by atoms with Crippen LogP contribution in [0.2, 0.25) is 0 Å². The molecular weight excluding hydrogens is 1150 g/mol. The van der Waals surface area contributed by atoms with Crippen molar-refractivity contribution < 1.29 is 0 Å². The van der Waals surface area contributed by atoms with Crippen LogP contribution in [0.25, 0.3) is 156 Å². The average molecular weight is 1200 g/mol. The van der Waals surface area contributed by atoms with E-state index in [1.165, 1.54) is 0 Å². The normalized spacial score (nSPS) is 11.1. The van der Waals surface area contributed by atoms with Gasteiger partial charge in [-0.15, -0.1) is 0 Å². The predicted octanol–water partition coefficient (Wildman–Crippen LogP) is 20.0. The van der Waals surface area contributed by atoms with E-state index in [0.29, 0.717) is 39.7 Å². The molecule has 94 heavy (non-hydrogen) atoms. The van der Waals surface area contributed by atoms with Gasteiger partial charge < -0.3 is 9.13 Å². The van der Waals surface area contributed by atoms with Crippen LogP contribution in [0.3, 0.4) is 0 Å². The summed E-state index contributed by atoms with van der Waals surface area (Å²) in [4.78, 5) is 20.7. The summed E-state index contributed by atoms with van der Waals surface area (Å²) in [5.41, 5.74) is 21.2. The third-order valence-corrected chi connectivity index (χ3v) is 17.5. The van der Waals surface area contributed by atoms with E-state index in [-0.39, 0.29) is 0 Å². The Morgan fingerprint density at radius 3 is 1.03 bits per heavy atom. The largest absolute Gasteiger partial charge is 0.309 e. The molecule has 0 unspecified atom stereocenters. The molecule has 0 aliphatic heterocycles. The minimum absolute atomic E-state index is 0.487. The van der Waals surface area contributed by atoms with Gasteiger partial charge in [0.15, 0.2) is 17.5 Å². The lowest BCUT2D eigenvalue weighted by Gasteiger charge is -2.20. The zero-order valence-electron chi connectivity index (χ0n) is 50.2. The highest BCUT2D eigenvalue weighted by Crippen LogP contribution is 2.46. The van der Waals surface area contributed by atoms with Crippen molar-refractivity contribution in [1.29, 1.82) is 21.0 Å². The monoisotopic (exact) mass is 1200 g/mol. The Kier molecular flexibility index (Phi) is 13.8. The van der Waals surface area contributed by atoms with Gasteiger partial charge in [0.05, 0.1) is 80.0 Å². The van der Waals surface area contributed by atoms with Gasteiger partial charge in [0.1, 0.15) is 0 Å². The highest BCUT2D eigenvalue weighted by atomic mass is 15.0. The number of hydrogen-bond acceptors (Lipinski definition) is 8. The Morgan fingerprint density at radius 2 is 0.628 bits per heavy atom. The van der Waals surface area contributed by atoms with Crippen molar-refractivity contribution >= 4 is 43.6 Å². The lowest BCUT2D eigenvalue weighted by Crippen LogP contribution is -2.03. The van der Waals surface area contributed by atoms with E-state index in [9.17, 15) is 21.0 Å². The number of nitriles is 4. The fourth-order valence-corrected chi connectivity index (χ4v) is 13.0. The maximum Gasteiger partial charge on any atom is 0.164 e. The van der Waals surface area contributed by atoms with E-state index in [0.717, 1.165) is 139 Å². The summed E-state index contributed by atoms with van der Waals surface area (Å²) in [7, 11) is 0. The minimum atomic E-state index is 0.487. The summed E-state index contributed by atoms with van der Waals surface area (Å²) in [5, 5.41) is 44.1. The van der Waals surface area contributed by atoms with Crippen LogP contribution in [0, 0.1) is 45.3 Å². The summed E-state index contributed by atoms with van der Waals surface area (Å²) in [6.07, 6.45) is 1.83. The number of fused-ring (bicyclic) bond motifs is 6. The molecule has 0 spiro atoms. The Hall–Kier alpha value is -13.6. The molecule has 0 atom stereocenters. The summed E-state index contributed by atoms with van der Waals surface area (Å²) in [6, 6.07) is 105. The third kappa shape index (κ3) is 10.0. The first-order valence-electron chi connectivity index (χ1n) is 30.6. The van der Waals surface area contributed by atoms with Crippen LogP contribution in [-0.4, -0.2) is 29.1 Å². The summed E-state index contributed by atoms with van der Waals surface area (Å²) < 4.78 is 4.66. The quantitative estimate of drug-likeness (QED) is 0.124. The number of rotatable bonds is 11. The number of hydrogen-bond donors (Lipinski definition) is 0. The van der Waals surface area contributed by atoms with E-state index in [1.54, 1.807) is 0 Å². The van der Waals surface area contributed by atoms with Gasteiger partial charge in [-0.2, -0.15) is 21.0 Å². The predicted molar refractivity (Wildman–Crippen MR) is 374 cm³/mol. The van der Waals surface area contributed by atoms with Gasteiger partial charge >= 0.3 is 0 Å². The Labute approximate surface area is 541 Å². The molecule has 4 aromatic heterocycles. The van der Waals surface area contributed by atoms with Crippen molar-refractivity contribution in [3.8, 4) is 137 Å². The van der Waals surface area contributed by atoms with E-state index >= 15 is 0 Å². The second-order valence-electron chi connectivity index (χ2n) is 23.1. The molecule has 0 saturated carbocycles. The van der Waals surface area contributed by atoms with Gasteiger partial charge in [-0.3, -0.25) is 4.98 Å². The molecule has 434 valence electrons. The molecule has 0 aliphatic carbocycles. The highest BCUT2D eigenvalue weighted by molar-refractivity contribution is 6.14. The number of benzene rings is 12. The van der Waals surface area contributed by atoms with Crippen molar-refractivity contribution in [2.75, 3.05) is 0 Å². The lowest BCUT2D eigenvalue weighted by molar-refractivity contribution is 1.07. The van der Waals surface area contributed by atoms with Crippen LogP contribution in [0.4, 0.5) is 0 Å². The molecule has 0 aliphatic rings. The van der Waals surface area contributed by atoms with Gasteiger partial charge in [-0.25, -0.2) is 15.0 Å². The zero-order valence-corrected chi connectivity index (χ0v) is 50.2. The molecule has 4 heterocycles. The van der Waals surface area contributed by atoms with Crippen molar-refractivity contribution in [3.05, 3.63) is 314 Å². The van der Waals surface area contributed by atoms with Crippen molar-refractivity contribution in [2.24, 2.45) is 0 Å². The van der Waals surface area contributed by atoms with Crippen LogP contribution in [-0.2, 0) is 0 Å². The summed E-state index contributed by atoms with van der Waals surface area (Å²) in [6.45, 7) is 0. The average Bonchev–Trinajstić information content (AvgIpc) is 1.55. The first-order valence-corrected chi connectivity index (χ1v) is 30.6. The fourth-order valence-electron chi connectivity index (χ4n) is 13.0. The second-order valence-corrected chi connectivity index (χ2v) is 23.1. The molecule has 0 radical (unpaired) electrons. The Morgan fingerprint density at radius 1 is 0.255 bits per heavy atom. The highest BCUT2D eigenvalue weighted by Gasteiger charge is 2.24. The van der Waals surface area contributed by atoms with Gasteiger partial charge in [0.25, 0.3) is 0 Å². The van der Waals surface area contributed by atoms with E-state index in [4.69, 9.17) is 19.9 Å². The summed E-state index contributed by atoms with van der Waals surface area (Å²) in [5.74, 6) is 1.56. The van der Waals surface area contributed by atoms with Crippen LogP contribution in [0.15, 0.2) is 291 Å². The van der Waals surface area contributed by atoms with Crippen LogP contribution >= 0.6 is 0 Å². The maximum atomic E-state index is 10.1. The third-order valence-electron chi connectivity index (χ3n) is 17.5. The molecule has 0 saturated heterocycles. The van der Waals surface area contributed by atoms with Gasteiger partial charge in [-0.05, 0) is 190 Å². The van der Waals surface area contributed by atoms with E-state index in [2.05, 4.69) is 143 Å². The molecule has 10 heteroatoms. The fraction of sp³-hybridized carbons (Fsp3) is 0. The van der Waals surface area contributed by atoms with Crippen molar-refractivity contribution in [2.45, 2.75) is 0 Å². The summed E-state index contributed by atoms with van der Waals surface area (Å²) >= 11 is 0. The Bertz CT molecular complexity index is 5630. The van der Waals surface area contributed by atoms with Crippen molar-refractivity contribution in [1.82, 2.24) is 29.1 Å². The molecule has 16 rings (SSSR count). The van der Waals surface area contributed by atoms with Crippen molar-refractivity contribution in [3.63, 3.8) is 0 Å². The maximum absolute atomic E-state index is 10.1. The Balaban J connectivity index is 0.995. The van der Waals surface area contributed by atoms with E-state index in [1.807, 2.05) is 182 Å². The smallest absolute Gasteiger partial charge is 0.164 e. The van der Waals surface area contributed by atoms with E-state index < -0.39 is 0 Å². The molecule has 16 aromatic rings. The standard InChI is InChI=1S/C84H48N10/c85-49-53-13-9-21-59(39-53)63-26-33-77-72(43-63)73-44-64(60-22-10-14-54(40-60)50-86)27-34-78(73)93(77)68-31-32-69(76-25-7-8-38-89-76)70(48-68)71-47-67(84-91-82(57-17-3-1-4-18-57)90-83(92-84)58-19-5-2-6-20-58)30-37-79(71)94-80-35-28-65(61-23-11-15-55(41-61)51-87)45-74(80)75-46-66(29-36-81(75)94)62-24-12-16-56(42-62)52-88/h1-48H. The second kappa shape index (κ2) is 23.4. The van der Waals surface area contributed by atoms with Gasteiger partial charge in [-0.1, -0.05) is 146 Å². The molecule has 12 aromatic carbocycles. The van der Waals surface area contributed by atoms with Crippen LogP contribution in [0.5, 0.6) is 0 Å². The molecule has 0 N–H and O–H groups in total. The molecular formula is C84H48N10. The first kappa shape index (κ1) is 55.7. The first-order chi connectivity index (χ1) is 46.4. The van der Waals surface area contributed by atoms with Gasteiger partial charge in [0, 0.05) is 61.2 Å². The SMILES string of the molecule is N#Cc1cccc(-c2ccc3c(c2)c2cc(-c4cccc(C#N)c4)ccc2n3-c2ccc(-c3ccccn3)c(-c3cc(-c4nc(-c5ccccc5)nc(-c5ccccc5)n4)ccc3-n3c4ccc(-c5cccc(C#N)c5)cc4c4cc(-c5cccc(C#N)c5)ccc43)c2)c1. The molecule has 10 nitrogen and oxygen atoms in total. The lowest BCUT2D eigenvalue weighted by atomic mass is 9.93. The van der Waals surface area contributed by atoms with Crippen LogP contribution in [0.1, 0.15) is 22.3 Å². The zero-order chi connectivity index (χ0) is 63.2. The molecule has 0 bridgehead atoms. The number of aromatic nitrogens is 6. The van der Waals surface area contributed by atoms with Gasteiger partial charge in [0.2, 0.25) is 0 Å². The minimum Gasteiger partial charge on any atom is -0.309 e. The topological polar surface area (TPSA) is 157 Å². The number of pyridine rings is 1. The number of nitrogens with zero attached hydrogens (tertiary/aromatic N) is 10.